The van der Waals surface area contributed by atoms with E-state index >= 15 is 0 Å². The Balaban J connectivity index is 2.27. The van der Waals surface area contributed by atoms with Crippen molar-refractivity contribution in [1.29, 1.82) is 0 Å². The first kappa shape index (κ1) is 19.2. The average molecular weight is 385 g/mol. The molecule has 0 aliphatic heterocycles. The van der Waals surface area contributed by atoms with Crippen molar-refractivity contribution in [2.45, 2.75) is 33.7 Å². The number of aromatic nitrogens is 1. The van der Waals surface area contributed by atoms with Crippen molar-refractivity contribution in [1.82, 2.24) is 4.57 Å². The van der Waals surface area contributed by atoms with Crippen LogP contribution in [0.1, 0.15) is 34.8 Å². The predicted octanol–water partition coefficient (Wildman–Crippen LogP) is 4.49. The zero-order valence-corrected chi connectivity index (χ0v) is 17.1. The van der Waals surface area contributed by atoms with E-state index in [-0.39, 0.29) is 5.91 Å². The number of carbonyl (C=O) groups excluding carboxylic acids is 1. The lowest BCUT2D eigenvalue weighted by Gasteiger charge is -2.09. The maximum absolute atomic E-state index is 12.9. The van der Waals surface area contributed by atoms with Gasteiger partial charge in [-0.2, -0.15) is 4.99 Å². The summed E-state index contributed by atoms with van der Waals surface area (Å²) >= 11 is 1.45. The molecule has 0 aliphatic rings. The summed E-state index contributed by atoms with van der Waals surface area (Å²) in [5, 5.41) is 0. The molecular weight excluding hydrogens is 360 g/mol. The number of amides is 1. The van der Waals surface area contributed by atoms with Crippen LogP contribution >= 0.6 is 11.3 Å². The molecule has 2 aromatic carbocycles. The minimum Gasteiger partial charge on any atom is -0.495 e. The lowest BCUT2D eigenvalue weighted by molar-refractivity contribution is 0.0997. The molecule has 0 fully saturated rings. The largest absolute Gasteiger partial charge is 0.495 e. The zero-order chi connectivity index (χ0) is 19.6. The van der Waals surface area contributed by atoms with E-state index in [4.69, 9.17) is 9.47 Å². The van der Waals surface area contributed by atoms with Crippen LogP contribution in [0.2, 0.25) is 0 Å². The summed E-state index contributed by atoms with van der Waals surface area (Å²) < 4.78 is 14.0. The van der Waals surface area contributed by atoms with Crippen LogP contribution in [0, 0.1) is 13.8 Å². The normalized spacial score (nSPS) is 11.8. The number of methoxy groups -OCH3 is 2. The molecule has 3 rings (SSSR count). The standard InChI is InChI=1S/C21H24N2O3S/c1-6-11-23-18-16(25-4)9-10-17(26-5)19(18)27-21(23)22-20(24)15-12-13(2)7-8-14(15)3/h7-10,12H,6,11H2,1-5H3. The Morgan fingerprint density at radius 2 is 1.81 bits per heavy atom. The molecule has 6 heteroatoms. The first-order valence-electron chi connectivity index (χ1n) is 8.90. The van der Waals surface area contributed by atoms with Gasteiger partial charge in [0.15, 0.2) is 4.80 Å². The van der Waals surface area contributed by atoms with Gasteiger partial charge in [-0.3, -0.25) is 4.79 Å². The Kier molecular flexibility index (Phi) is 5.65. The molecule has 1 heterocycles. The molecule has 0 radical (unpaired) electrons. The Hall–Kier alpha value is -2.60. The lowest BCUT2D eigenvalue weighted by Crippen LogP contribution is -2.17. The van der Waals surface area contributed by atoms with Crippen molar-refractivity contribution < 1.29 is 14.3 Å². The van der Waals surface area contributed by atoms with E-state index in [1.54, 1.807) is 14.2 Å². The number of aryl methyl sites for hydroxylation is 3. The number of benzene rings is 2. The van der Waals surface area contributed by atoms with Crippen molar-refractivity contribution in [3.05, 3.63) is 51.8 Å². The van der Waals surface area contributed by atoms with Gasteiger partial charge in [0.25, 0.3) is 5.91 Å². The summed E-state index contributed by atoms with van der Waals surface area (Å²) in [6, 6.07) is 9.61. The fourth-order valence-electron chi connectivity index (χ4n) is 3.08. The highest BCUT2D eigenvalue weighted by atomic mass is 32.1. The number of nitrogens with zero attached hydrogens (tertiary/aromatic N) is 2. The molecule has 0 unspecified atom stereocenters. The van der Waals surface area contributed by atoms with Gasteiger partial charge in [0, 0.05) is 12.1 Å². The first-order valence-corrected chi connectivity index (χ1v) is 9.72. The highest BCUT2D eigenvalue weighted by Crippen LogP contribution is 2.35. The fraction of sp³-hybridized carbons (Fsp3) is 0.333. The molecule has 27 heavy (non-hydrogen) atoms. The molecule has 1 amide bonds. The second kappa shape index (κ2) is 7.96. The molecule has 5 nitrogen and oxygen atoms in total. The molecule has 0 saturated heterocycles. The molecule has 0 bridgehead atoms. The minimum atomic E-state index is -0.231. The molecular formula is C21H24N2O3S. The number of rotatable bonds is 5. The van der Waals surface area contributed by atoms with Crippen LogP contribution in [0.25, 0.3) is 10.2 Å². The number of ether oxygens (including phenoxy) is 2. The summed E-state index contributed by atoms with van der Waals surface area (Å²) in [4.78, 5) is 18.0. The van der Waals surface area contributed by atoms with Crippen LogP contribution in [0.5, 0.6) is 11.5 Å². The van der Waals surface area contributed by atoms with Gasteiger partial charge in [-0.25, -0.2) is 0 Å². The van der Waals surface area contributed by atoms with E-state index in [0.29, 0.717) is 10.4 Å². The number of hydrogen-bond acceptors (Lipinski definition) is 4. The van der Waals surface area contributed by atoms with Crippen LogP contribution < -0.4 is 14.3 Å². The summed E-state index contributed by atoms with van der Waals surface area (Å²) in [7, 11) is 3.29. The minimum absolute atomic E-state index is 0.231. The third kappa shape index (κ3) is 3.62. The second-order valence-corrected chi connectivity index (χ2v) is 7.40. The van der Waals surface area contributed by atoms with E-state index in [0.717, 1.165) is 45.8 Å². The monoisotopic (exact) mass is 384 g/mol. The quantitative estimate of drug-likeness (QED) is 0.651. The molecule has 0 saturated carbocycles. The van der Waals surface area contributed by atoms with Crippen molar-refractivity contribution in [2.24, 2.45) is 4.99 Å². The maximum Gasteiger partial charge on any atom is 0.279 e. The molecule has 0 spiro atoms. The SMILES string of the molecule is CCCn1c(=NC(=O)c2cc(C)ccc2C)sc2c(OC)ccc(OC)c21. The van der Waals surface area contributed by atoms with Gasteiger partial charge in [-0.1, -0.05) is 36.0 Å². The molecule has 142 valence electrons. The smallest absolute Gasteiger partial charge is 0.279 e. The number of hydrogen-bond donors (Lipinski definition) is 0. The zero-order valence-electron chi connectivity index (χ0n) is 16.3. The number of thiazole rings is 1. The van der Waals surface area contributed by atoms with Crippen molar-refractivity contribution in [3.8, 4) is 11.5 Å². The predicted molar refractivity (Wildman–Crippen MR) is 109 cm³/mol. The van der Waals surface area contributed by atoms with Crippen molar-refractivity contribution in [3.63, 3.8) is 0 Å². The van der Waals surface area contributed by atoms with Gasteiger partial charge in [-0.05, 0) is 44.0 Å². The maximum atomic E-state index is 12.9. The van der Waals surface area contributed by atoms with Crippen LogP contribution in [0.15, 0.2) is 35.3 Å². The number of fused-ring (bicyclic) bond motifs is 1. The van der Waals surface area contributed by atoms with Gasteiger partial charge in [0.1, 0.15) is 21.7 Å². The van der Waals surface area contributed by atoms with Crippen molar-refractivity contribution >= 4 is 27.5 Å². The summed E-state index contributed by atoms with van der Waals surface area (Å²) in [6.45, 7) is 6.74. The van der Waals surface area contributed by atoms with E-state index in [2.05, 4.69) is 11.9 Å². The van der Waals surface area contributed by atoms with Gasteiger partial charge < -0.3 is 14.0 Å². The van der Waals surface area contributed by atoms with Gasteiger partial charge >= 0.3 is 0 Å². The molecule has 0 atom stereocenters. The van der Waals surface area contributed by atoms with Crippen LogP contribution in [-0.4, -0.2) is 24.7 Å². The van der Waals surface area contributed by atoms with Crippen LogP contribution in [-0.2, 0) is 6.54 Å². The molecule has 3 aromatic rings. The second-order valence-electron chi connectivity index (χ2n) is 6.42. The summed E-state index contributed by atoms with van der Waals surface area (Å²) in [5.41, 5.74) is 3.51. The summed E-state index contributed by atoms with van der Waals surface area (Å²) in [5.74, 6) is 1.27. The highest BCUT2D eigenvalue weighted by molar-refractivity contribution is 7.16. The highest BCUT2D eigenvalue weighted by Gasteiger charge is 2.17. The Morgan fingerprint density at radius 1 is 1.11 bits per heavy atom. The molecule has 0 N–H and O–H groups in total. The molecule has 1 aromatic heterocycles. The number of carbonyl (C=O) groups is 1. The Bertz CT molecular complexity index is 1060. The van der Waals surface area contributed by atoms with E-state index < -0.39 is 0 Å². The fourth-order valence-corrected chi connectivity index (χ4v) is 4.25. The van der Waals surface area contributed by atoms with Gasteiger partial charge in [0.05, 0.1) is 14.2 Å². The average Bonchev–Trinajstić information content (AvgIpc) is 3.01. The third-order valence-electron chi connectivity index (χ3n) is 4.46. The first-order chi connectivity index (χ1) is 13.0. The van der Waals surface area contributed by atoms with E-state index in [1.165, 1.54) is 11.3 Å². The van der Waals surface area contributed by atoms with E-state index in [9.17, 15) is 4.79 Å². The molecule has 0 aliphatic carbocycles. The topological polar surface area (TPSA) is 52.8 Å². The lowest BCUT2D eigenvalue weighted by atomic mass is 10.1. The van der Waals surface area contributed by atoms with Crippen LogP contribution in [0.3, 0.4) is 0 Å². The van der Waals surface area contributed by atoms with E-state index in [1.807, 2.05) is 48.7 Å². The Labute approximate surface area is 162 Å². The van der Waals surface area contributed by atoms with Crippen molar-refractivity contribution in [2.75, 3.05) is 14.2 Å². The Morgan fingerprint density at radius 3 is 2.48 bits per heavy atom. The van der Waals surface area contributed by atoms with Gasteiger partial charge in [0.2, 0.25) is 0 Å². The third-order valence-corrected chi connectivity index (χ3v) is 5.55. The summed E-state index contributed by atoms with van der Waals surface area (Å²) in [6.07, 6.45) is 0.914. The van der Waals surface area contributed by atoms with Crippen LogP contribution in [0.4, 0.5) is 0 Å². The van der Waals surface area contributed by atoms with Gasteiger partial charge in [-0.15, -0.1) is 0 Å².